The van der Waals surface area contributed by atoms with Gasteiger partial charge in [-0.05, 0) is 23.5 Å². The molecule has 5 nitrogen and oxygen atoms in total. The highest BCUT2D eigenvalue weighted by Crippen LogP contribution is 2.34. The van der Waals surface area contributed by atoms with E-state index in [1.54, 1.807) is 12.4 Å². The third-order valence-electron chi connectivity index (χ3n) is 5.02. The summed E-state index contributed by atoms with van der Waals surface area (Å²) in [7, 11) is 0. The quantitative estimate of drug-likeness (QED) is 0.711. The molecule has 150 valence electrons. The van der Waals surface area contributed by atoms with E-state index in [2.05, 4.69) is 42.0 Å². The summed E-state index contributed by atoms with van der Waals surface area (Å²) in [4.78, 5) is 20.8. The van der Waals surface area contributed by atoms with Crippen LogP contribution in [0.15, 0.2) is 30.6 Å². The van der Waals surface area contributed by atoms with Crippen molar-refractivity contribution in [3.63, 3.8) is 0 Å². The Balaban J connectivity index is 1.70. The van der Waals surface area contributed by atoms with Crippen molar-refractivity contribution in [2.75, 3.05) is 36.4 Å². The lowest BCUT2D eigenvalue weighted by Gasteiger charge is -2.37. The monoisotopic (exact) mass is 420 g/mol. The molecule has 0 radical (unpaired) electrons. The first kappa shape index (κ1) is 20.7. The van der Waals surface area contributed by atoms with Gasteiger partial charge in [0.1, 0.15) is 0 Å². The molecule has 2 amide bonds. The predicted octanol–water partition coefficient (Wildman–Crippen LogP) is 5.35. The first-order valence-corrected chi connectivity index (χ1v) is 10.1. The fraction of sp³-hybridized carbons (Fsp3) is 0.429. The van der Waals surface area contributed by atoms with Crippen molar-refractivity contribution >= 4 is 40.6 Å². The van der Waals surface area contributed by atoms with E-state index < -0.39 is 0 Å². The average molecular weight is 421 g/mol. The smallest absolute Gasteiger partial charge is 0.321 e. The zero-order valence-corrected chi connectivity index (χ0v) is 18.2. The number of nitrogens with zero attached hydrogens (tertiary/aromatic N) is 3. The molecule has 1 saturated heterocycles. The summed E-state index contributed by atoms with van der Waals surface area (Å²) < 4.78 is 0. The molecule has 7 heteroatoms. The van der Waals surface area contributed by atoms with Crippen LogP contribution in [-0.4, -0.2) is 42.1 Å². The number of benzene rings is 1. The first-order chi connectivity index (χ1) is 13.2. The van der Waals surface area contributed by atoms with Crippen molar-refractivity contribution in [3.8, 4) is 0 Å². The molecule has 2 aromatic rings. The highest BCUT2D eigenvalue weighted by Gasteiger charge is 2.26. The van der Waals surface area contributed by atoms with Crippen molar-refractivity contribution in [2.24, 2.45) is 0 Å². The zero-order chi connectivity index (χ0) is 20.5. The summed E-state index contributed by atoms with van der Waals surface area (Å²) in [6.45, 7) is 11.0. The highest BCUT2D eigenvalue weighted by molar-refractivity contribution is 6.38. The predicted molar refractivity (Wildman–Crippen MR) is 117 cm³/mol. The Labute approximate surface area is 176 Å². The second-order valence-corrected chi connectivity index (χ2v) is 8.92. The van der Waals surface area contributed by atoms with Crippen molar-refractivity contribution in [3.05, 3.63) is 51.8 Å². The Morgan fingerprint density at radius 2 is 1.68 bits per heavy atom. The second kappa shape index (κ2) is 8.18. The van der Waals surface area contributed by atoms with Gasteiger partial charge in [0.2, 0.25) is 0 Å². The van der Waals surface area contributed by atoms with E-state index in [1.807, 2.05) is 24.0 Å². The second-order valence-electron chi connectivity index (χ2n) is 8.10. The number of piperazine rings is 1. The minimum absolute atomic E-state index is 0.0534. The van der Waals surface area contributed by atoms with E-state index in [0.29, 0.717) is 36.2 Å². The summed E-state index contributed by atoms with van der Waals surface area (Å²) in [5, 5.41) is 4.19. The molecule has 0 saturated carbocycles. The van der Waals surface area contributed by atoms with Crippen LogP contribution in [0.5, 0.6) is 0 Å². The van der Waals surface area contributed by atoms with Crippen molar-refractivity contribution in [1.82, 2.24) is 9.88 Å². The lowest BCUT2D eigenvalue weighted by atomic mass is 9.84. The van der Waals surface area contributed by atoms with E-state index in [0.717, 1.165) is 22.5 Å². The molecule has 28 heavy (non-hydrogen) atoms. The van der Waals surface area contributed by atoms with Crippen molar-refractivity contribution in [2.45, 2.75) is 33.1 Å². The van der Waals surface area contributed by atoms with Gasteiger partial charge < -0.3 is 15.1 Å². The number of carbonyl (C=O) groups is 1. The number of nitrogens with one attached hydrogen (secondary N) is 1. The molecule has 1 aliphatic rings. The molecule has 0 spiro atoms. The van der Waals surface area contributed by atoms with Gasteiger partial charge in [0.05, 0.1) is 15.7 Å². The lowest BCUT2D eigenvalue weighted by molar-refractivity contribution is 0.208. The highest BCUT2D eigenvalue weighted by atomic mass is 35.5. The van der Waals surface area contributed by atoms with Crippen LogP contribution in [0.25, 0.3) is 0 Å². The molecular formula is C21H26Cl2N4O. The lowest BCUT2D eigenvalue weighted by Crippen LogP contribution is -2.50. The number of hydrogen-bond acceptors (Lipinski definition) is 3. The van der Waals surface area contributed by atoms with Gasteiger partial charge in [-0.2, -0.15) is 0 Å². The van der Waals surface area contributed by atoms with Gasteiger partial charge in [-0.3, -0.25) is 4.98 Å². The molecule has 2 heterocycles. The Hall–Kier alpha value is -1.98. The summed E-state index contributed by atoms with van der Waals surface area (Å²) in [5.74, 6) is 0. The maximum atomic E-state index is 12.9. The fourth-order valence-corrected chi connectivity index (χ4v) is 4.09. The van der Waals surface area contributed by atoms with Crippen LogP contribution in [0.2, 0.25) is 10.0 Å². The van der Waals surface area contributed by atoms with E-state index >= 15 is 0 Å². The largest absolute Gasteiger partial charge is 0.365 e. The fourth-order valence-electron chi connectivity index (χ4n) is 3.48. The molecule has 1 aromatic carbocycles. The standard InChI is InChI=1S/C21H26Cl2N4O/c1-14-6-5-7-15(21(2,3)4)18(14)25-20(28)27-10-8-26(9-11-27)19-16(22)12-24-13-17(19)23/h5-7,12-13H,8-11H2,1-4H3,(H,25,28). The number of para-hydroxylation sites is 1. The molecule has 0 atom stereocenters. The number of hydrogen-bond donors (Lipinski definition) is 1. The van der Waals surface area contributed by atoms with Gasteiger partial charge in [-0.25, -0.2) is 4.79 Å². The Bertz CT molecular complexity index is 851. The van der Waals surface area contributed by atoms with Crippen LogP contribution >= 0.6 is 23.2 Å². The number of rotatable bonds is 2. The van der Waals surface area contributed by atoms with Gasteiger partial charge in [0, 0.05) is 44.3 Å². The number of anilines is 2. The van der Waals surface area contributed by atoms with Gasteiger partial charge in [0.25, 0.3) is 0 Å². The van der Waals surface area contributed by atoms with Crippen LogP contribution in [-0.2, 0) is 5.41 Å². The molecule has 1 N–H and O–H groups in total. The average Bonchev–Trinajstić information content (AvgIpc) is 2.63. The molecular weight excluding hydrogens is 395 g/mol. The Morgan fingerprint density at radius 1 is 1.07 bits per heavy atom. The number of halogens is 2. The number of amides is 2. The number of aromatic nitrogens is 1. The summed E-state index contributed by atoms with van der Waals surface area (Å²) in [5.41, 5.74) is 3.84. The number of urea groups is 1. The molecule has 0 unspecified atom stereocenters. The van der Waals surface area contributed by atoms with Crippen molar-refractivity contribution < 1.29 is 4.79 Å². The molecule has 1 aromatic heterocycles. The maximum absolute atomic E-state index is 12.9. The summed E-state index contributed by atoms with van der Waals surface area (Å²) in [6.07, 6.45) is 3.18. The SMILES string of the molecule is Cc1cccc(C(C)(C)C)c1NC(=O)N1CCN(c2c(Cl)cncc2Cl)CC1. The Kier molecular flexibility index (Phi) is 6.06. The minimum atomic E-state index is -0.0774. The molecule has 0 bridgehead atoms. The summed E-state index contributed by atoms with van der Waals surface area (Å²) >= 11 is 12.5. The van der Waals surface area contributed by atoms with Gasteiger partial charge in [-0.1, -0.05) is 62.2 Å². The number of aryl methyl sites for hydroxylation is 1. The van der Waals surface area contributed by atoms with Gasteiger partial charge >= 0.3 is 6.03 Å². The molecule has 0 aliphatic carbocycles. The van der Waals surface area contributed by atoms with E-state index in [4.69, 9.17) is 23.2 Å². The molecule has 3 rings (SSSR count). The van der Waals surface area contributed by atoms with Gasteiger partial charge in [-0.15, -0.1) is 0 Å². The Morgan fingerprint density at radius 3 is 2.25 bits per heavy atom. The third-order valence-corrected chi connectivity index (χ3v) is 5.58. The first-order valence-electron chi connectivity index (χ1n) is 9.38. The molecule has 1 aliphatic heterocycles. The van der Waals surface area contributed by atoms with E-state index in [9.17, 15) is 4.79 Å². The van der Waals surface area contributed by atoms with Crippen LogP contribution in [0.1, 0.15) is 31.9 Å². The van der Waals surface area contributed by atoms with Gasteiger partial charge in [0.15, 0.2) is 0 Å². The number of pyridine rings is 1. The van der Waals surface area contributed by atoms with Crippen LogP contribution in [0, 0.1) is 6.92 Å². The molecule has 1 fully saturated rings. The normalized spacial score (nSPS) is 14.9. The summed E-state index contributed by atoms with van der Waals surface area (Å²) in [6, 6.07) is 6.06. The maximum Gasteiger partial charge on any atom is 0.321 e. The van der Waals surface area contributed by atoms with Crippen LogP contribution in [0.3, 0.4) is 0 Å². The third kappa shape index (κ3) is 4.36. The van der Waals surface area contributed by atoms with Crippen molar-refractivity contribution in [1.29, 1.82) is 0 Å². The van der Waals surface area contributed by atoms with E-state index in [1.165, 1.54) is 0 Å². The van der Waals surface area contributed by atoms with E-state index in [-0.39, 0.29) is 11.4 Å². The van der Waals surface area contributed by atoms with Crippen LogP contribution < -0.4 is 10.2 Å². The number of carbonyl (C=O) groups excluding carboxylic acids is 1. The zero-order valence-electron chi connectivity index (χ0n) is 16.7. The van der Waals surface area contributed by atoms with Crippen LogP contribution in [0.4, 0.5) is 16.2 Å². The topological polar surface area (TPSA) is 48.5 Å². The minimum Gasteiger partial charge on any atom is -0.365 e.